The molecule has 0 aliphatic carbocycles. The molecule has 0 bridgehead atoms. The minimum absolute atomic E-state index is 0. The van der Waals surface area contributed by atoms with E-state index in [4.69, 9.17) is 4.55 Å². The molecule has 0 saturated carbocycles. The Morgan fingerprint density at radius 3 is 2.00 bits per heavy atom. The molecule has 1 radical (unpaired) electrons. The fraction of sp³-hybridized carbons (Fsp3) is 1.00. The molecule has 0 fully saturated rings. The van der Waals surface area contributed by atoms with Crippen molar-refractivity contribution in [2.24, 2.45) is 0 Å². The molecule has 9 heavy (non-hydrogen) atoms. The van der Waals surface area contributed by atoms with Crippen LogP contribution in [0.25, 0.3) is 0 Å². The Balaban J connectivity index is 0. The first-order valence-electron chi connectivity index (χ1n) is 2.09. The first-order chi connectivity index (χ1) is 3.48. The first-order valence-corrected chi connectivity index (χ1v) is 4.50. The van der Waals surface area contributed by atoms with Crippen molar-refractivity contribution in [3.05, 3.63) is 0 Å². The van der Waals surface area contributed by atoms with Gasteiger partial charge in [0.25, 0.3) is 10.1 Å². The molecule has 0 heterocycles. The molecule has 0 aromatic rings. The van der Waals surface area contributed by atoms with Gasteiger partial charge in [0, 0.05) is 29.6 Å². The third-order valence-corrected chi connectivity index (χ3v) is 3.69. The largest absolute Gasteiger partial charge is 0.285 e. The van der Waals surface area contributed by atoms with E-state index >= 15 is 0 Å². The molecule has 1 unspecified atom stereocenters. The van der Waals surface area contributed by atoms with E-state index in [1.807, 2.05) is 0 Å². The smallest absolute Gasteiger partial charge is 0.277 e. The zero-order valence-corrected chi connectivity index (χ0v) is 9.74. The summed E-state index contributed by atoms with van der Waals surface area (Å²) >= 11 is 2.76. The van der Waals surface area contributed by atoms with Gasteiger partial charge in [-0.25, -0.2) is 0 Å². The van der Waals surface area contributed by atoms with E-state index in [0.717, 1.165) is 0 Å². The van der Waals surface area contributed by atoms with Gasteiger partial charge in [-0.15, -0.1) is 0 Å². The van der Waals surface area contributed by atoms with E-state index < -0.39 is 14.3 Å². The van der Waals surface area contributed by atoms with Gasteiger partial charge in [-0.3, -0.25) is 4.55 Å². The van der Waals surface area contributed by atoms with Crippen molar-refractivity contribution in [1.29, 1.82) is 0 Å². The maximum Gasteiger partial charge on any atom is 0.277 e. The van der Waals surface area contributed by atoms with Crippen molar-refractivity contribution in [3.63, 3.8) is 0 Å². The molecule has 0 aromatic heterocycles. The fourth-order valence-electron chi connectivity index (χ4n) is 0.211. The topological polar surface area (TPSA) is 54.4 Å². The van der Waals surface area contributed by atoms with Crippen LogP contribution in [0.1, 0.15) is 13.3 Å². The van der Waals surface area contributed by atoms with Crippen molar-refractivity contribution in [2.45, 2.75) is 17.5 Å². The SMILES string of the molecule is CCC(Br)S(=O)(=O)O.[Na]. The summed E-state index contributed by atoms with van der Waals surface area (Å²) in [5.74, 6) is 0. The van der Waals surface area contributed by atoms with Gasteiger partial charge < -0.3 is 0 Å². The Morgan fingerprint density at radius 1 is 1.67 bits per heavy atom. The number of alkyl halides is 1. The van der Waals surface area contributed by atoms with Crippen LogP contribution >= 0.6 is 15.9 Å². The average molecular weight is 226 g/mol. The Bertz CT molecular complexity index is 154. The van der Waals surface area contributed by atoms with Crippen LogP contribution in [0.4, 0.5) is 0 Å². The van der Waals surface area contributed by atoms with E-state index in [0.29, 0.717) is 6.42 Å². The first kappa shape index (κ1) is 13.0. The van der Waals surface area contributed by atoms with Gasteiger partial charge in [0.1, 0.15) is 4.16 Å². The van der Waals surface area contributed by atoms with Crippen LogP contribution in [0.15, 0.2) is 0 Å². The second-order valence-electron chi connectivity index (χ2n) is 1.33. The summed E-state index contributed by atoms with van der Waals surface area (Å²) < 4.78 is 27.5. The summed E-state index contributed by atoms with van der Waals surface area (Å²) in [4.78, 5) is 0. The summed E-state index contributed by atoms with van der Waals surface area (Å²) in [5.41, 5.74) is 0. The summed E-state index contributed by atoms with van der Waals surface area (Å²) in [6.45, 7) is 1.66. The molecule has 3 nitrogen and oxygen atoms in total. The molecule has 0 aromatic carbocycles. The predicted molar refractivity (Wildman–Crippen MR) is 40.3 cm³/mol. The predicted octanol–water partition coefficient (Wildman–Crippen LogP) is 0.624. The maximum atomic E-state index is 10.1. The van der Waals surface area contributed by atoms with Gasteiger partial charge in [-0.1, -0.05) is 22.9 Å². The van der Waals surface area contributed by atoms with Crippen LogP contribution < -0.4 is 0 Å². The zero-order chi connectivity index (χ0) is 6.78. The molecule has 0 aliphatic rings. The van der Waals surface area contributed by atoms with Crippen molar-refractivity contribution in [2.75, 3.05) is 0 Å². The van der Waals surface area contributed by atoms with Crippen LogP contribution in [0.2, 0.25) is 0 Å². The molecular weight excluding hydrogens is 219 g/mol. The molecule has 1 atom stereocenters. The van der Waals surface area contributed by atoms with Crippen molar-refractivity contribution in [3.8, 4) is 0 Å². The number of hydrogen-bond donors (Lipinski definition) is 1. The van der Waals surface area contributed by atoms with Gasteiger partial charge >= 0.3 is 0 Å². The second kappa shape index (κ2) is 5.09. The van der Waals surface area contributed by atoms with E-state index in [1.54, 1.807) is 6.92 Å². The summed E-state index contributed by atoms with van der Waals surface area (Å²) in [5, 5.41) is 0. The molecule has 0 amide bonds. The van der Waals surface area contributed by atoms with E-state index in [1.165, 1.54) is 0 Å². The fourth-order valence-corrected chi connectivity index (χ4v) is 0.632. The van der Waals surface area contributed by atoms with Gasteiger partial charge in [0.05, 0.1) is 0 Å². The van der Waals surface area contributed by atoms with Crippen molar-refractivity contribution < 1.29 is 13.0 Å². The van der Waals surface area contributed by atoms with Crippen LogP contribution in [-0.4, -0.2) is 46.7 Å². The molecule has 0 spiro atoms. The molecule has 0 rings (SSSR count). The Hall–Kier alpha value is 1.39. The van der Waals surface area contributed by atoms with E-state index in [9.17, 15) is 8.42 Å². The van der Waals surface area contributed by atoms with Crippen LogP contribution in [-0.2, 0) is 10.1 Å². The number of halogens is 1. The van der Waals surface area contributed by atoms with E-state index in [2.05, 4.69) is 15.9 Å². The molecular formula is C3H7BrNaO3S. The van der Waals surface area contributed by atoms with Crippen LogP contribution in [0.3, 0.4) is 0 Å². The van der Waals surface area contributed by atoms with Crippen LogP contribution in [0, 0.1) is 0 Å². The molecule has 6 heteroatoms. The summed E-state index contributed by atoms with van der Waals surface area (Å²) in [7, 11) is -3.84. The average Bonchev–Trinajstić information content (AvgIpc) is 1.62. The van der Waals surface area contributed by atoms with Gasteiger partial charge in [-0.05, 0) is 6.42 Å². The summed E-state index contributed by atoms with van der Waals surface area (Å²) in [6, 6.07) is 0. The Kier molecular flexibility index (Phi) is 7.37. The van der Waals surface area contributed by atoms with Crippen LogP contribution in [0.5, 0.6) is 0 Å². The Labute approximate surface area is 85.4 Å². The number of hydrogen-bond acceptors (Lipinski definition) is 2. The third-order valence-electron chi connectivity index (χ3n) is 0.644. The van der Waals surface area contributed by atoms with Gasteiger partial charge in [-0.2, -0.15) is 8.42 Å². The van der Waals surface area contributed by atoms with Gasteiger partial charge in [0.15, 0.2) is 0 Å². The molecule has 51 valence electrons. The molecule has 0 saturated heterocycles. The normalized spacial score (nSPS) is 14.1. The van der Waals surface area contributed by atoms with Crippen molar-refractivity contribution in [1.82, 2.24) is 0 Å². The third kappa shape index (κ3) is 5.82. The minimum Gasteiger partial charge on any atom is -0.285 e. The molecule has 0 aliphatic heterocycles. The second-order valence-corrected chi connectivity index (χ2v) is 4.64. The standard InChI is InChI=1S/C3H7BrO3S.Na/c1-2-3(4)8(5,6)7;/h3H,2H2,1H3,(H,5,6,7);. The molecule has 1 N–H and O–H groups in total. The zero-order valence-electron chi connectivity index (χ0n) is 5.33. The van der Waals surface area contributed by atoms with E-state index in [-0.39, 0.29) is 29.6 Å². The quantitative estimate of drug-likeness (QED) is 0.426. The Morgan fingerprint density at radius 2 is 2.00 bits per heavy atom. The summed E-state index contributed by atoms with van der Waals surface area (Å²) in [6.07, 6.45) is 0.374. The minimum atomic E-state index is -3.84. The van der Waals surface area contributed by atoms with Crippen molar-refractivity contribution >= 4 is 55.6 Å². The monoisotopic (exact) mass is 225 g/mol. The maximum absolute atomic E-state index is 10.1. The van der Waals surface area contributed by atoms with Gasteiger partial charge in [0.2, 0.25) is 0 Å². The number of rotatable bonds is 2.